The van der Waals surface area contributed by atoms with Crippen molar-refractivity contribution >= 4 is 40.7 Å². The molecule has 2 N–H and O–H groups in total. The first-order valence-corrected chi connectivity index (χ1v) is 12.2. The lowest BCUT2D eigenvalue weighted by atomic mass is 10.1. The van der Waals surface area contributed by atoms with Crippen LogP contribution in [0.4, 0.5) is 5.82 Å². The van der Waals surface area contributed by atoms with E-state index in [1.807, 2.05) is 29.2 Å². The van der Waals surface area contributed by atoms with Gasteiger partial charge in [-0.2, -0.15) is 9.61 Å². The van der Waals surface area contributed by atoms with Gasteiger partial charge in [0.05, 0.1) is 34.9 Å². The molecule has 1 aliphatic carbocycles. The molecule has 174 valence electrons. The van der Waals surface area contributed by atoms with Gasteiger partial charge in [0.1, 0.15) is 5.82 Å². The summed E-state index contributed by atoms with van der Waals surface area (Å²) < 4.78 is 7.15. The van der Waals surface area contributed by atoms with E-state index in [0.717, 1.165) is 34.8 Å². The fraction of sp³-hybridized carbons (Fsp3) is 0.333. The molecule has 34 heavy (non-hydrogen) atoms. The molecule has 0 atom stereocenters. The second kappa shape index (κ2) is 8.37. The average molecular weight is 477 g/mol. The number of hydrogen-bond donors (Lipinski definition) is 2. The van der Waals surface area contributed by atoms with Gasteiger partial charge in [0.25, 0.3) is 11.8 Å². The lowest BCUT2D eigenvalue weighted by molar-refractivity contribution is -0.115. The van der Waals surface area contributed by atoms with Gasteiger partial charge >= 0.3 is 0 Å². The summed E-state index contributed by atoms with van der Waals surface area (Å²) in [4.78, 5) is 33.5. The molecule has 0 radical (unpaired) electrons. The molecule has 2 amide bonds. The molecule has 2 saturated heterocycles. The molecule has 0 bridgehead atoms. The summed E-state index contributed by atoms with van der Waals surface area (Å²) >= 11 is 1.44. The SMILES string of the molecule is C=C1C/C(=C\c2cnn3c(NC4CC4)cc(-c4ccc(C(=O)N5CCOCC5)s4)nc23)C(=O)N1. The van der Waals surface area contributed by atoms with E-state index < -0.39 is 0 Å². The number of carbonyl (C=O) groups is 2. The van der Waals surface area contributed by atoms with Gasteiger partial charge < -0.3 is 20.3 Å². The third-order valence-corrected chi connectivity index (χ3v) is 7.21. The molecule has 3 fully saturated rings. The summed E-state index contributed by atoms with van der Waals surface area (Å²) in [6.07, 6.45) is 6.29. The number of carbonyl (C=O) groups excluding carboxylic acids is 2. The van der Waals surface area contributed by atoms with E-state index in [1.54, 1.807) is 10.7 Å². The Balaban J connectivity index is 1.38. The fourth-order valence-corrected chi connectivity index (χ4v) is 5.09. The summed E-state index contributed by atoms with van der Waals surface area (Å²) in [5, 5.41) is 10.8. The normalized spacial score (nSPS) is 19.8. The second-order valence-corrected chi connectivity index (χ2v) is 9.84. The molecule has 2 aliphatic heterocycles. The molecule has 5 heterocycles. The van der Waals surface area contributed by atoms with Crippen LogP contribution in [0.5, 0.6) is 0 Å². The highest BCUT2D eigenvalue weighted by Gasteiger charge is 2.25. The summed E-state index contributed by atoms with van der Waals surface area (Å²) in [5.74, 6) is 0.738. The number of anilines is 1. The first-order chi connectivity index (χ1) is 16.5. The number of aromatic nitrogens is 3. The van der Waals surface area contributed by atoms with E-state index in [9.17, 15) is 9.59 Å². The Morgan fingerprint density at radius 3 is 2.85 bits per heavy atom. The first-order valence-electron chi connectivity index (χ1n) is 11.4. The van der Waals surface area contributed by atoms with Crippen molar-refractivity contribution in [3.05, 3.63) is 52.7 Å². The van der Waals surface area contributed by atoms with E-state index in [1.165, 1.54) is 11.3 Å². The maximum atomic E-state index is 12.9. The lowest BCUT2D eigenvalue weighted by Crippen LogP contribution is -2.40. The van der Waals surface area contributed by atoms with Crippen LogP contribution < -0.4 is 10.6 Å². The van der Waals surface area contributed by atoms with Crippen LogP contribution in [-0.2, 0) is 9.53 Å². The number of nitrogens with zero attached hydrogens (tertiary/aromatic N) is 4. The molecular weight excluding hydrogens is 452 g/mol. The number of morpholine rings is 1. The highest BCUT2D eigenvalue weighted by Crippen LogP contribution is 2.33. The molecule has 0 unspecified atom stereocenters. The second-order valence-electron chi connectivity index (χ2n) is 8.75. The molecule has 0 aromatic carbocycles. The van der Waals surface area contributed by atoms with Gasteiger partial charge in [-0.25, -0.2) is 4.98 Å². The third-order valence-electron chi connectivity index (χ3n) is 6.11. The summed E-state index contributed by atoms with van der Waals surface area (Å²) in [5.41, 5.74) is 3.52. The van der Waals surface area contributed by atoms with Crippen molar-refractivity contribution in [2.24, 2.45) is 0 Å². The monoisotopic (exact) mass is 476 g/mol. The molecular formula is C24H24N6O3S. The van der Waals surface area contributed by atoms with Crippen LogP contribution in [0, 0.1) is 0 Å². The Morgan fingerprint density at radius 2 is 2.12 bits per heavy atom. The lowest BCUT2D eigenvalue weighted by Gasteiger charge is -2.26. The number of allylic oxidation sites excluding steroid dienone is 1. The predicted octanol–water partition coefficient (Wildman–Crippen LogP) is 2.92. The minimum absolute atomic E-state index is 0.0270. The maximum Gasteiger partial charge on any atom is 0.264 e. The zero-order valence-corrected chi connectivity index (χ0v) is 19.4. The van der Waals surface area contributed by atoms with Crippen molar-refractivity contribution in [2.45, 2.75) is 25.3 Å². The Hall–Kier alpha value is -3.50. The fourth-order valence-electron chi connectivity index (χ4n) is 4.16. The number of amides is 2. The molecule has 6 rings (SSSR count). The Kier molecular flexibility index (Phi) is 5.19. The number of rotatable bonds is 5. The van der Waals surface area contributed by atoms with E-state index in [4.69, 9.17) is 9.72 Å². The molecule has 9 nitrogen and oxygen atoms in total. The summed E-state index contributed by atoms with van der Waals surface area (Å²) in [6, 6.07) is 6.22. The van der Waals surface area contributed by atoms with E-state index in [0.29, 0.717) is 60.6 Å². The van der Waals surface area contributed by atoms with Crippen LogP contribution >= 0.6 is 11.3 Å². The molecule has 10 heteroatoms. The predicted molar refractivity (Wildman–Crippen MR) is 130 cm³/mol. The van der Waals surface area contributed by atoms with Crippen molar-refractivity contribution in [3.63, 3.8) is 0 Å². The van der Waals surface area contributed by atoms with E-state index in [2.05, 4.69) is 22.3 Å². The maximum absolute atomic E-state index is 12.9. The zero-order chi connectivity index (χ0) is 23.2. The molecule has 0 spiro atoms. The van der Waals surface area contributed by atoms with E-state index in [-0.39, 0.29) is 11.8 Å². The molecule has 3 aromatic rings. The average Bonchev–Trinajstić information content (AvgIpc) is 3.22. The number of fused-ring (bicyclic) bond motifs is 1. The van der Waals surface area contributed by atoms with Gasteiger partial charge in [-0.15, -0.1) is 11.3 Å². The standard InChI is InChI=1S/C24H24N6O3S/c1-14-10-15(23(31)26-14)11-16-13-25-30-21(27-17-2-3-17)12-18(28-22(16)30)19-4-5-20(34-19)24(32)29-6-8-33-9-7-29/h4-5,11-13,17,27H,1-3,6-10H2,(H,26,31)/b15-11+. The van der Waals surface area contributed by atoms with Gasteiger partial charge in [-0.1, -0.05) is 6.58 Å². The smallest absolute Gasteiger partial charge is 0.264 e. The highest BCUT2D eigenvalue weighted by atomic mass is 32.1. The van der Waals surface area contributed by atoms with Crippen molar-refractivity contribution in [1.82, 2.24) is 24.8 Å². The van der Waals surface area contributed by atoms with Crippen LogP contribution in [0.1, 0.15) is 34.5 Å². The summed E-state index contributed by atoms with van der Waals surface area (Å²) in [6.45, 7) is 6.22. The van der Waals surface area contributed by atoms with Gasteiger partial charge in [0.15, 0.2) is 5.65 Å². The van der Waals surface area contributed by atoms with Crippen LogP contribution in [0.25, 0.3) is 22.3 Å². The van der Waals surface area contributed by atoms with Crippen LogP contribution in [0.15, 0.2) is 42.2 Å². The largest absolute Gasteiger partial charge is 0.378 e. The van der Waals surface area contributed by atoms with Crippen molar-refractivity contribution < 1.29 is 14.3 Å². The topological polar surface area (TPSA) is 101 Å². The number of ether oxygens (including phenoxy) is 1. The Bertz CT molecular complexity index is 1350. The van der Waals surface area contributed by atoms with E-state index >= 15 is 0 Å². The minimum atomic E-state index is -0.138. The van der Waals surface area contributed by atoms with Gasteiger partial charge in [-0.05, 0) is 31.1 Å². The summed E-state index contributed by atoms with van der Waals surface area (Å²) in [7, 11) is 0. The third kappa shape index (κ3) is 3.99. The molecule has 1 saturated carbocycles. The van der Waals surface area contributed by atoms with Crippen LogP contribution in [0.3, 0.4) is 0 Å². The minimum Gasteiger partial charge on any atom is -0.378 e. The van der Waals surface area contributed by atoms with Crippen molar-refractivity contribution in [1.29, 1.82) is 0 Å². The number of thiophene rings is 1. The highest BCUT2D eigenvalue weighted by molar-refractivity contribution is 7.17. The number of nitrogens with one attached hydrogen (secondary N) is 2. The van der Waals surface area contributed by atoms with Crippen LogP contribution in [0.2, 0.25) is 0 Å². The Morgan fingerprint density at radius 1 is 1.29 bits per heavy atom. The molecule has 3 aromatic heterocycles. The van der Waals surface area contributed by atoms with Gasteiger partial charge in [0.2, 0.25) is 0 Å². The zero-order valence-electron chi connectivity index (χ0n) is 18.5. The first kappa shape index (κ1) is 21.1. The molecule has 3 aliphatic rings. The van der Waals surface area contributed by atoms with Gasteiger partial charge in [-0.3, -0.25) is 9.59 Å². The van der Waals surface area contributed by atoms with Crippen LogP contribution in [-0.4, -0.2) is 63.7 Å². The van der Waals surface area contributed by atoms with Crippen molar-refractivity contribution in [2.75, 3.05) is 31.6 Å². The number of hydrogen-bond acceptors (Lipinski definition) is 7. The Labute approximate surface area is 200 Å². The quantitative estimate of drug-likeness (QED) is 0.549. The van der Waals surface area contributed by atoms with Crippen molar-refractivity contribution in [3.8, 4) is 10.6 Å². The van der Waals surface area contributed by atoms with Gasteiger partial charge in [0, 0.05) is 48.5 Å².